The minimum absolute atomic E-state index is 0.605. The Morgan fingerprint density at radius 2 is 2.00 bits per heavy atom. The predicted octanol–water partition coefficient (Wildman–Crippen LogP) is 2.68. The van der Waals surface area contributed by atoms with Crippen molar-refractivity contribution < 1.29 is 0 Å². The average molecular weight is 234 g/mol. The van der Waals surface area contributed by atoms with Crippen LogP contribution in [-0.4, -0.2) is 10.2 Å². The standard InChI is InChI=1S/C14H10N4/c15-8-9-3-1-2-4-11(9)14-12-7-10(16)5-6-13(12)17-18-14/h1-7H,16H2,(H,17,18). The van der Waals surface area contributed by atoms with Gasteiger partial charge >= 0.3 is 0 Å². The highest BCUT2D eigenvalue weighted by atomic mass is 15.1. The number of aromatic amines is 1. The van der Waals surface area contributed by atoms with Crippen LogP contribution in [0, 0.1) is 11.3 Å². The second kappa shape index (κ2) is 3.90. The van der Waals surface area contributed by atoms with Gasteiger partial charge in [-0.05, 0) is 24.3 Å². The SMILES string of the molecule is N#Cc1ccccc1-c1n[nH]c2ccc(N)cc12. The molecule has 0 fully saturated rings. The fourth-order valence-electron chi connectivity index (χ4n) is 2.02. The number of nitrogens with one attached hydrogen (secondary N) is 1. The van der Waals surface area contributed by atoms with Crippen molar-refractivity contribution in [1.29, 1.82) is 5.26 Å². The lowest BCUT2D eigenvalue weighted by atomic mass is 10.0. The highest BCUT2D eigenvalue weighted by molar-refractivity contribution is 5.95. The number of benzene rings is 2. The van der Waals surface area contributed by atoms with Gasteiger partial charge < -0.3 is 5.73 Å². The van der Waals surface area contributed by atoms with Crippen LogP contribution < -0.4 is 5.73 Å². The van der Waals surface area contributed by atoms with E-state index in [1.807, 2.05) is 36.4 Å². The lowest BCUT2D eigenvalue weighted by Crippen LogP contribution is -1.86. The molecule has 0 saturated heterocycles. The first-order valence-corrected chi connectivity index (χ1v) is 5.52. The Labute approximate surface area is 104 Å². The normalized spacial score (nSPS) is 10.4. The zero-order chi connectivity index (χ0) is 12.5. The number of H-pyrrole nitrogens is 1. The van der Waals surface area contributed by atoms with E-state index in [4.69, 9.17) is 11.0 Å². The van der Waals surface area contributed by atoms with E-state index < -0.39 is 0 Å². The van der Waals surface area contributed by atoms with Crippen LogP contribution >= 0.6 is 0 Å². The molecule has 0 amide bonds. The monoisotopic (exact) mass is 234 g/mol. The molecule has 4 nitrogen and oxygen atoms in total. The van der Waals surface area contributed by atoms with Gasteiger partial charge in [0.05, 0.1) is 17.1 Å². The molecule has 18 heavy (non-hydrogen) atoms. The maximum absolute atomic E-state index is 9.13. The number of hydrogen-bond acceptors (Lipinski definition) is 3. The first kappa shape index (κ1) is 10.4. The zero-order valence-corrected chi connectivity index (χ0v) is 9.51. The molecule has 1 aromatic heterocycles. The van der Waals surface area contributed by atoms with E-state index in [9.17, 15) is 0 Å². The van der Waals surface area contributed by atoms with Crippen LogP contribution in [-0.2, 0) is 0 Å². The van der Waals surface area contributed by atoms with Gasteiger partial charge in [-0.2, -0.15) is 10.4 Å². The van der Waals surface area contributed by atoms with Crippen molar-refractivity contribution in [3.8, 4) is 17.3 Å². The summed E-state index contributed by atoms with van der Waals surface area (Å²) in [7, 11) is 0. The summed E-state index contributed by atoms with van der Waals surface area (Å²) in [6, 6.07) is 15.1. The summed E-state index contributed by atoms with van der Waals surface area (Å²) >= 11 is 0. The highest BCUT2D eigenvalue weighted by Crippen LogP contribution is 2.29. The summed E-state index contributed by atoms with van der Waals surface area (Å²) in [6.45, 7) is 0. The van der Waals surface area contributed by atoms with Gasteiger partial charge in [0.15, 0.2) is 0 Å². The molecule has 0 aliphatic heterocycles. The molecule has 0 saturated carbocycles. The van der Waals surface area contributed by atoms with Crippen LogP contribution in [0.1, 0.15) is 5.56 Å². The number of hydrogen-bond donors (Lipinski definition) is 2. The molecule has 3 rings (SSSR count). The Morgan fingerprint density at radius 1 is 1.17 bits per heavy atom. The number of nitrogen functional groups attached to an aromatic ring is 1. The van der Waals surface area contributed by atoms with Crippen LogP contribution in [0.25, 0.3) is 22.2 Å². The second-order valence-electron chi connectivity index (χ2n) is 4.03. The van der Waals surface area contributed by atoms with Crippen molar-refractivity contribution in [2.24, 2.45) is 0 Å². The van der Waals surface area contributed by atoms with E-state index >= 15 is 0 Å². The van der Waals surface area contributed by atoms with Crippen molar-refractivity contribution >= 4 is 16.6 Å². The zero-order valence-electron chi connectivity index (χ0n) is 9.51. The molecule has 0 atom stereocenters. The summed E-state index contributed by atoms with van der Waals surface area (Å²) in [5.41, 5.74) is 9.56. The van der Waals surface area contributed by atoms with Gasteiger partial charge in [-0.1, -0.05) is 18.2 Å². The number of fused-ring (bicyclic) bond motifs is 1. The highest BCUT2D eigenvalue weighted by Gasteiger charge is 2.11. The molecule has 4 heteroatoms. The Kier molecular flexibility index (Phi) is 2.24. The van der Waals surface area contributed by atoms with Gasteiger partial charge in [0.2, 0.25) is 0 Å². The van der Waals surface area contributed by atoms with Crippen molar-refractivity contribution in [3.05, 3.63) is 48.0 Å². The lowest BCUT2D eigenvalue weighted by Gasteiger charge is -2.00. The molecule has 0 aliphatic rings. The van der Waals surface area contributed by atoms with E-state index in [-0.39, 0.29) is 0 Å². The van der Waals surface area contributed by atoms with E-state index in [1.165, 1.54) is 0 Å². The van der Waals surface area contributed by atoms with Crippen molar-refractivity contribution in [1.82, 2.24) is 10.2 Å². The van der Waals surface area contributed by atoms with Crippen LogP contribution in [0.2, 0.25) is 0 Å². The third-order valence-electron chi connectivity index (χ3n) is 2.89. The first-order chi connectivity index (χ1) is 8.79. The third kappa shape index (κ3) is 1.50. The minimum atomic E-state index is 0.605. The van der Waals surface area contributed by atoms with Crippen LogP contribution in [0.15, 0.2) is 42.5 Å². The van der Waals surface area contributed by atoms with Crippen molar-refractivity contribution in [3.63, 3.8) is 0 Å². The topological polar surface area (TPSA) is 78.5 Å². The van der Waals surface area contributed by atoms with E-state index in [0.29, 0.717) is 11.3 Å². The van der Waals surface area contributed by atoms with Crippen LogP contribution in [0.4, 0.5) is 5.69 Å². The fourth-order valence-corrected chi connectivity index (χ4v) is 2.02. The smallest absolute Gasteiger partial charge is 0.101 e. The van der Waals surface area contributed by atoms with Gasteiger partial charge in [0.25, 0.3) is 0 Å². The summed E-state index contributed by atoms with van der Waals surface area (Å²) in [5, 5.41) is 17.3. The minimum Gasteiger partial charge on any atom is -0.399 e. The molecular weight excluding hydrogens is 224 g/mol. The van der Waals surface area contributed by atoms with E-state index in [0.717, 1.165) is 22.2 Å². The molecule has 3 N–H and O–H groups in total. The summed E-state index contributed by atoms with van der Waals surface area (Å²) < 4.78 is 0. The summed E-state index contributed by atoms with van der Waals surface area (Å²) in [6.07, 6.45) is 0. The number of nitrogens with zero attached hydrogens (tertiary/aromatic N) is 2. The molecule has 2 aromatic carbocycles. The Hall–Kier alpha value is -2.80. The number of anilines is 1. The van der Waals surface area contributed by atoms with Gasteiger partial charge in [0.1, 0.15) is 5.69 Å². The van der Waals surface area contributed by atoms with Crippen molar-refractivity contribution in [2.75, 3.05) is 5.73 Å². The molecule has 0 bridgehead atoms. The third-order valence-corrected chi connectivity index (χ3v) is 2.89. The average Bonchev–Trinajstić information content (AvgIpc) is 2.81. The molecule has 0 spiro atoms. The van der Waals surface area contributed by atoms with Crippen LogP contribution in [0.5, 0.6) is 0 Å². The Balaban J connectivity index is 2.32. The van der Waals surface area contributed by atoms with Gasteiger partial charge in [-0.3, -0.25) is 5.10 Å². The summed E-state index contributed by atoms with van der Waals surface area (Å²) in [4.78, 5) is 0. The number of nitriles is 1. The Bertz CT molecular complexity index is 765. The van der Waals surface area contributed by atoms with Gasteiger partial charge in [0, 0.05) is 16.6 Å². The van der Waals surface area contributed by atoms with Gasteiger partial charge in [-0.15, -0.1) is 0 Å². The predicted molar refractivity (Wildman–Crippen MR) is 70.7 cm³/mol. The van der Waals surface area contributed by atoms with E-state index in [2.05, 4.69) is 16.3 Å². The molecule has 3 aromatic rings. The number of rotatable bonds is 1. The fraction of sp³-hybridized carbons (Fsp3) is 0. The Morgan fingerprint density at radius 3 is 2.83 bits per heavy atom. The molecular formula is C14H10N4. The lowest BCUT2D eigenvalue weighted by molar-refractivity contribution is 1.12. The first-order valence-electron chi connectivity index (χ1n) is 5.52. The number of aromatic nitrogens is 2. The largest absolute Gasteiger partial charge is 0.399 e. The summed E-state index contributed by atoms with van der Waals surface area (Å²) in [5.74, 6) is 0. The number of nitrogens with two attached hydrogens (primary N) is 1. The maximum atomic E-state index is 9.13. The van der Waals surface area contributed by atoms with Crippen LogP contribution in [0.3, 0.4) is 0 Å². The second-order valence-corrected chi connectivity index (χ2v) is 4.03. The van der Waals surface area contributed by atoms with E-state index in [1.54, 1.807) is 6.07 Å². The molecule has 0 unspecified atom stereocenters. The molecule has 1 heterocycles. The maximum Gasteiger partial charge on any atom is 0.101 e. The molecule has 86 valence electrons. The van der Waals surface area contributed by atoms with Gasteiger partial charge in [-0.25, -0.2) is 0 Å². The molecule has 0 aliphatic carbocycles. The molecule has 0 radical (unpaired) electrons. The van der Waals surface area contributed by atoms with Crippen molar-refractivity contribution in [2.45, 2.75) is 0 Å². The quantitative estimate of drug-likeness (QED) is 0.635.